The monoisotopic (exact) mass is 1090 g/mol. The van der Waals surface area contributed by atoms with Gasteiger partial charge in [0.1, 0.15) is 33.7 Å². The Hall–Kier alpha value is -6.30. The summed E-state index contributed by atoms with van der Waals surface area (Å²) in [6, 6.07) is 48.3. The number of thioether (sulfide) groups is 1. The topological polar surface area (TPSA) is 149 Å². The lowest BCUT2D eigenvalue weighted by Crippen LogP contribution is -2.74. The standard InChI is InChI=1S/C55H54IN5O7S2/c1-52(2,3)67-49(64)53(4,5)68-60-43(42-34-69-51(57-42)59-55(39-26-15-8-16-27-39,40-28-17-9-18-29-40)41-30-19-10-20-31-41)46(62)58-44-47(63)61-35-54(32-21-33-56,36-70-48(44)61)50(65)66-45(37-22-11-6-12-23-37)38-24-13-7-14-25-38/h6-32,34,44-45,48H,33,35-36H2,1-5H3,(H,57,59)(H,58,62)/t44?,48-,54?/m1/s1. The number of ether oxygens (including phenoxy) is 2. The van der Waals surface area contributed by atoms with Crippen molar-refractivity contribution in [1.29, 1.82) is 0 Å². The molecule has 2 saturated heterocycles. The molecule has 1 aromatic heterocycles. The average Bonchev–Trinajstić information content (AvgIpc) is 3.84. The van der Waals surface area contributed by atoms with Gasteiger partial charge >= 0.3 is 11.9 Å². The molecule has 2 aliphatic heterocycles. The molecule has 3 atom stereocenters. The molecule has 5 aromatic carbocycles. The van der Waals surface area contributed by atoms with Gasteiger partial charge in [0.15, 0.2) is 16.9 Å². The van der Waals surface area contributed by atoms with E-state index in [4.69, 9.17) is 19.3 Å². The molecule has 2 fully saturated rings. The summed E-state index contributed by atoms with van der Waals surface area (Å²) in [5.41, 5.74) is -0.150. The lowest BCUT2D eigenvalue weighted by molar-refractivity contribution is -0.179. The Morgan fingerprint density at radius 3 is 1.83 bits per heavy atom. The van der Waals surface area contributed by atoms with Crippen molar-refractivity contribution in [3.8, 4) is 0 Å². The van der Waals surface area contributed by atoms with Crippen molar-refractivity contribution in [3.05, 3.63) is 203 Å². The molecule has 3 heterocycles. The quantitative estimate of drug-likeness (QED) is 0.0132. The van der Waals surface area contributed by atoms with Crippen LogP contribution in [0.25, 0.3) is 0 Å². The van der Waals surface area contributed by atoms with Crippen LogP contribution < -0.4 is 10.6 Å². The molecule has 70 heavy (non-hydrogen) atoms. The van der Waals surface area contributed by atoms with Crippen LogP contribution in [-0.2, 0) is 39.0 Å². The Labute approximate surface area is 430 Å². The number of thiazole rings is 1. The highest BCUT2D eigenvalue weighted by Crippen LogP contribution is 2.45. The maximum absolute atomic E-state index is 14.6. The van der Waals surface area contributed by atoms with Gasteiger partial charge in [-0.15, -0.1) is 23.1 Å². The number of oxime groups is 1. The number of hydrogen-bond donors (Lipinski definition) is 2. The number of esters is 2. The zero-order valence-electron chi connectivity index (χ0n) is 39.4. The lowest BCUT2D eigenvalue weighted by Gasteiger charge is -2.53. The third kappa shape index (κ3) is 10.9. The molecule has 8 rings (SSSR count). The largest absolute Gasteiger partial charge is 0.457 e. The van der Waals surface area contributed by atoms with Gasteiger partial charge in [-0.05, 0) is 62.4 Å². The number of aromatic nitrogens is 1. The number of carbonyl (C=O) groups excluding carboxylic acids is 4. The first-order valence-electron chi connectivity index (χ1n) is 22.8. The molecule has 6 aromatic rings. The predicted octanol–water partition coefficient (Wildman–Crippen LogP) is 10.1. The summed E-state index contributed by atoms with van der Waals surface area (Å²) in [5, 5.41) is 12.6. The molecule has 15 heteroatoms. The van der Waals surface area contributed by atoms with Gasteiger partial charge in [-0.25, -0.2) is 9.78 Å². The molecule has 0 aliphatic carbocycles. The highest BCUT2D eigenvalue weighted by Gasteiger charge is 2.57. The van der Waals surface area contributed by atoms with Crippen molar-refractivity contribution in [2.24, 2.45) is 10.6 Å². The van der Waals surface area contributed by atoms with Crippen molar-refractivity contribution in [1.82, 2.24) is 15.2 Å². The summed E-state index contributed by atoms with van der Waals surface area (Å²) >= 11 is 4.87. The molecule has 2 aliphatic rings. The lowest BCUT2D eigenvalue weighted by atomic mass is 9.77. The van der Waals surface area contributed by atoms with Gasteiger partial charge in [0.2, 0.25) is 11.5 Å². The number of nitrogens with zero attached hydrogens (tertiary/aromatic N) is 3. The number of carbonyl (C=O) groups is 4. The first-order valence-corrected chi connectivity index (χ1v) is 26.3. The summed E-state index contributed by atoms with van der Waals surface area (Å²) in [7, 11) is 0. The Kier molecular flexibility index (Phi) is 15.3. The normalized spacial score (nSPS) is 18.4. The first kappa shape index (κ1) is 50.1. The number of halogens is 1. The van der Waals surface area contributed by atoms with E-state index in [0.717, 1.165) is 27.8 Å². The van der Waals surface area contributed by atoms with E-state index in [0.29, 0.717) is 9.56 Å². The SMILES string of the molecule is CC(C)(C)OC(=O)C(C)(C)ON=C(C(=O)NC1C(=O)N2CC(C=CCI)(C(=O)OC(c3ccccc3)c3ccccc3)CS[C@H]12)c1csc(NC(c2ccccc2)(c2ccccc2)c2ccccc2)n1. The summed E-state index contributed by atoms with van der Waals surface area (Å²) in [6.07, 6.45) is 3.09. The van der Waals surface area contributed by atoms with Crippen molar-refractivity contribution in [3.63, 3.8) is 0 Å². The molecule has 2 N–H and O–H groups in total. The van der Waals surface area contributed by atoms with Crippen LogP contribution in [-0.4, -0.2) is 78.7 Å². The minimum Gasteiger partial charge on any atom is -0.457 e. The number of nitrogens with one attached hydrogen (secondary N) is 2. The number of benzene rings is 5. The second-order valence-electron chi connectivity index (χ2n) is 18.5. The fourth-order valence-electron chi connectivity index (χ4n) is 8.36. The number of hydrogen-bond acceptors (Lipinski definition) is 12. The van der Waals surface area contributed by atoms with Crippen molar-refractivity contribution in [2.45, 2.75) is 68.9 Å². The number of amides is 2. The van der Waals surface area contributed by atoms with Gasteiger partial charge in [0.25, 0.3) is 5.91 Å². The van der Waals surface area contributed by atoms with Gasteiger partial charge in [-0.2, -0.15) is 0 Å². The molecule has 0 radical (unpaired) electrons. The number of fused-ring (bicyclic) bond motifs is 1. The molecule has 360 valence electrons. The van der Waals surface area contributed by atoms with E-state index in [9.17, 15) is 19.2 Å². The zero-order chi connectivity index (χ0) is 49.5. The van der Waals surface area contributed by atoms with Crippen LogP contribution in [0.2, 0.25) is 0 Å². The maximum Gasteiger partial charge on any atom is 0.353 e. The summed E-state index contributed by atoms with van der Waals surface area (Å²) < 4.78 is 12.7. The maximum atomic E-state index is 14.6. The number of β-lactam (4-membered cyclic amide) rings is 1. The molecular weight excluding hydrogens is 1030 g/mol. The first-order chi connectivity index (χ1) is 33.6. The number of anilines is 1. The number of rotatable bonds is 17. The van der Waals surface area contributed by atoms with E-state index >= 15 is 0 Å². The van der Waals surface area contributed by atoms with Crippen molar-refractivity contribution < 1.29 is 33.5 Å². The van der Waals surface area contributed by atoms with Crippen LogP contribution in [0.1, 0.15) is 74.2 Å². The Bertz CT molecular complexity index is 2710. The van der Waals surface area contributed by atoms with Gasteiger partial charge in [0, 0.05) is 22.1 Å². The van der Waals surface area contributed by atoms with Gasteiger partial charge in [-0.1, -0.05) is 192 Å². The predicted molar refractivity (Wildman–Crippen MR) is 284 cm³/mol. The molecule has 12 nitrogen and oxygen atoms in total. The van der Waals surface area contributed by atoms with E-state index in [1.165, 1.54) is 36.9 Å². The van der Waals surface area contributed by atoms with Crippen LogP contribution >= 0.6 is 45.7 Å². The Morgan fingerprint density at radius 1 is 0.814 bits per heavy atom. The van der Waals surface area contributed by atoms with E-state index < -0.39 is 57.5 Å². The molecule has 0 spiro atoms. The molecule has 0 bridgehead atoms. The fraction of sp³-hybridized carbons (Fsp3) is 0.273. The molecule has 2 unspecified atom stereocenters. The third-order valence-electron chi connectivity index (χ3n) is 11.9. The smallest absolute Gasteiger partial charge is 0.353 e. The van der Waals surface area contributed by atoms with Gasteiger partial charge in [0.05, 0.1) is 0 Å². The number of alkyl halides is 1. The van der Waals surface area contributed by atoms with Crippen molar-refractivity contribution in [2.75, 3.05) is 22.0 Å². The molecule has 0 saturated carbocycles. The van der Waals surface area contributed by atoms with Crippen molar-refractivity contribution >= 4 is 80.3 Å². The number of allylic oxidation sites excluding steroid dienone is 1. The second kappa shape index (κ2) is 21.4. The fourth-order valence-corrected chi connectivity index (χ4v) is 10.9. The minimum atomic E-state index is -1.62. The highest BCUT2D eigenvalue weighted by atomic mass is 127. The third-order valence-corrected chi connectivity index (χ3v) is 14.7. The van der Waals surface area contributed by atoms with Gasteiger partial charge in [-0.3, -0.25) is 14.4 Å². The van der Waals surface area contributed by atoms with Crippen LogP contribution in [0.5, 0.6) is 0 Å². The molecule has 2 amide bonds. The van der Waals surface area contributed by atoms with E-state index in [2.05, 4.69) is 74.8 Å². The average molecular weight is 1090 g/mol. The Morgan fingerprint density at radius 2 is 1.33 bits per heavy atom. The summed E-state index contributed by atoms with van der Waals surface area (Å²) in [4.78, 5) is 69.1. The minimum absolute atomic E-state index is 0.0549. The van der Waals surface area contributed by atoms with Crippen LogP contribution in [0.3, 0.4) is 0 Å². The molecular formula is C55H54IN5O7S2. The van der Waals surface area contributed by atoms with Gasteiger partial charge < -0.3 is 29.8 Å². The highest BCUT2D eigenvalue weighted by molar-refractivity contribution is 14.1. The zero-order valence-corrected chi connectivity index (χ0v) is 43.2. The van der Waals surface area contributed by atoms with E-state index in [-0.39, 0.29) is 29.6 Å². The van der Waals surface area contributed by atoms with Crippen LogP contribution in [0, 0.1) is 5.41 Å². The van der Waals surface area contributed by atoms with E-state index in [1.807, 2.05) is 127 Å². The van der Waals surface area contributed by atoms with Crippen LogP contribution in [0.4, 0.5) is 5.13 Å². The summed E-state index contributed by atoms with van der Waals surface area (Å²) in [6.45, 7) is 8.29. The Balaban J connectivity index is 1.08. The summed E-state index contributed by atoms with van der Waals surface area (Å²) in [5.74, 6) is -1.98. The van der Waals surface area contributed by atoms with Crippen LogP contribution in [0.15, 0.2) is 174 Å². The van der Waals surface area contributed by atoms with E-state index in [1.54, 1.807) is 31.1 Å². The second-order valence-corrected chi connectivity index (χ2v) is 21.3.